The summed E-state index contributed by atoms with van der Waals surface area (Å²) in [6, 6.07) is 7.54. The Hall–Kier alpha value is -3.17. The van der Waals surface area contributed by atoms with Gasteiger partial charge in [0.2, 0.25) is 5.82 Å². The van der Waals surface area contributed by atoms with Gasteiger partial charge in [-0.3, -0.25) is 4.79 Å². The molecule has 0 atom stereocenters. The van der Waals surface area contributed by atoms with Crippen LogP contribution in [0.25, 0.3) is 11.4 Å². The van der Waals surface area contributed by atoms with Gasteiger partial charge >= 0.3 is 12.1 Å². The van der Waals surface area contributed by atoms with Crippen LogP contribution in [0, 0.1) is 0 Å². The van der Waals surface area contributed by atoms with Gasteiger partial charge in [0, 0.05) is 17.2 Å². The number of rotatable bonds is 5. The van der Waals surface area contributed by atoms with Gasteiger partial charge in [-0.15, -0.1) is 0 Å². The number of carbonyl (C=O) groups excluding carboxylic acids is 1. The molecule has 142 valence electrons. The van der Waals surface area contributed by atoms with Crippen molar-refractivity contribution in [1.82, 2.24) is 20.6 Å². The molecular formula is C17H15F3N4O3. The number of carbonyl (C=O) groups is 1. The molecule has 7 nitrogen and oxygen atoms in total. The highest BCUT2D eigenvalue weighted by atomic mass is 19.4. The van der Waals surface area contributed by atoms with Gasteiger partial charge in [-0.1, -0.05) is 36.3 Å². The van der Waals surface area contributed by atoms with Crippen molar-refractivity contribution < 1.29 is 27.0 Å². The lowest BCUT2D eigenvalue weighted by atomic mass is 10.1. The zero-order valence-electron chi connectivity index (χ0n) is 14.4. The topological polar surface area (TPSA) is 94.1 Å². The number of nitrogens with zero attached hydrogens (tertiary/aromatic N) is 3. The molecule has 1 N–H and O–H groups in total. The molecule has 0 saturated carbocycles. The molecule has 0 aliphatic carbocycles. The van der Waals surface area contributed by atoms with Gasteiger partial charge in [0.1, 0.15) is 0 Å². The second kappa shape index (κ2) is 7.22. The van der Waals surface area contributed by atoms with E-state index < -0.39 is 12.1 Å². The molecule has 0 bridgehead atoms. The summed E-state index contributed by atoms with van der Waals surface area (Å²) in [5.74, 6) is -1.26. The first-order chi connectivity index (χ1) is 12.7. The SMILES string of the molecule is CC(C)c1cc(CNC(=O)c2ccc(-c3noc(C(F)(F)F)n3)cc2)on1. The number of alkyl halides is 3. The van der Waals surface area contributed by atoms with Crippen molar-refractivity contribution in [3.05, 3.63) is 53.2 Å². The summed E-state index contributed by atoms with van der Waals surface area (Å²) in [5.41, 5.74) is 1.41. The van der Waals surface area contributed by atoms with E-state index in [-0.39, 0.29) is 24.2 Å². The first-order valence-electron chi connectivity index (χ1n) is 7.99. The van der Waals surface area contributed by atoms with Crippen LogP contribution in [0.2, 0.25) is 0 Å². The number of halogens is 3. The lowest BCUT2D eigenvalue weighted by molar-refractivity contribution is -0.159. The molecule has 0 fully saturated rings. The van der Waals surface area contributed by atoms with Gasteiger partial charge in [0.15, 0.2) is 5.76 Å². The minimum absolute atomic E-state index is 0.167. The molecule has 0 aliphatic heterocycles. The van der Waals surface area contributed by atoms with Crippen LogP contribution in [0.4, 0.5) is 13.2 Å². The second-order valence-electron chi connectivity index (χ2n) is 6.05. The molecule has 0 radical (unpaired) electrons. The van der Waals surface area contributed by atoms with Crippen LogP contribution in [0.3, 0.4) is 0 Å². The lowest BCUT2D eigenvalue weighted by Crippen LogP contribution is -2.22. The molecule has 2 aromatic heterocycles. The van der Waals surface area contributed by atoms with E-state index in [1.165, 1.54) is 24.3 Å². The molecule has 2 heterocycles. The van der Waals surface area contributed by atoms with Crippen LogP contribution >= 0.6 is 0 Å². The molecule has 27 heavy (non-hydrogen) atoms. The quantitative estimate of drug-likeness (QED) is 0.724. The van der Waals surface area contributed by atoms with Gasteiger partial charge in [0.25, 0.3) is 5.91 Å². The fourth-order valence-corrected chi connectivity index (χ4v) is 2.18. The van der Waals surface area contributed by atoms with Crippen molar-refractivity contribution in [2.24, 2.45) is 0 Å². The zero-order valence-corrected chi connectivity index (χ0v) is 14.4. The minimum atomic E-state index is -4.71. The van der Waals surface area contributed by atoms with Crippen molar-refractivity contribution in [2.75, 3.05) is 0 Å². The zero-order chi connectivity index (χ0) is 19.6. The number of aromatic nitrogens is 3. The largest absolute Gasteiger partial charge is 0.471 e. The van der Waals surface area contributed by atoms with Crippen molar-refractivity contribution in [2.45, 2.75) is 32.5 Å². The van der Waals surface area contributed by atoms with Gasteiger partial charge < -0.3 is 14.4 Å². The van der Waals surface area contributed by atoms with E-state index in [1.807, 2.05) is 13.8 Å². The Balaban J connectivity index is 1.64. The van der Waals surface area contributed by atoms with Crippen molar-refractivity contribution in [3.63, 3.8) is 0 Å². The van der Waals surface area contributed by atoms with E-state index in [9.17, 15) is 18.0 Å². The smallest absolute Gasteiger partial charge is 0.359 e. The summed E-state index contributed by atoms with van der Waals surface area (Å²) in [5, 5.41) is 9.88. The molecule has 3 aromatic rings. The fourth-order valence-electron chi connectivity index (χ4n) is 2.18. The first kappa shape index (κ1) is 18.6. The predicted molar refractivity (Wildman–Crippen MR) is 86.5 cm³/mol. The standard InChI is InChI=1S/C17H15F3N4O3/c1-9(2)13-7-12(26-23-13)8-21-15(25)11-5-3-10(4-6-11)14-22-16(27-24-14)17(18,19)20/h3-7,9H,8H2,1-2H3,(H,21,25). The fraction of sp³-hybridized carbons (Fsp3) is 0.294. The molecule has 0 spiro atoms. The van der Waals surface area contributed by atoms with Crippen LogP contribution in [-0.4, -0.2) is 21.2 Å². The van der Waals surface area contributed by atoms with Crippen LogP contribution in [0.1, 0.15) is 47.5 Å². The summed E-state index contributed by atoms with van der Waals surface area (Å²) in [6.45, 7) is 4.12. The van der Waals surface area contributed by atoms with E-state index >= 15 is 0 Å². The van der Waals surface area contributed by atoms with Crippen LogP contribution < -0.4 is 5.32 Å². The van der Waals surface area contributed by atoms with Crippen molar-refractivity contribution >= 4 is 5.91 Å². The average Bonchev–Trinajstić information content (AvgIpc) is 3.29. The van der Waals surface area contributed by atoms with Crippen molar-refractivity contribution in [3.8, 4) is 11.4 Å². The summed E-state index contributed by atoms with van der Waals surface area (Å²) < 4.78 is 46.8. The Bertz CT molecular complexity index is 930. The third-order valence-corrected chi connectivity index (χ3v) is 3.67. The Labute approximate surface area is 151 Å². The van der Waals surface area contributed by atoms with E-state index in [4.69, 9.17) is 4.52 Å². The molecule has 0 saturated heterocycles. The summed E-state index contributed by atoms with van der Waals surface area (Å²) in [6.07, 6.45) is -4.71. The van der Waals surface area contributed by atoms with Gasteiger partial charge in [0.05, 0.1) is 12.2 Å². The number of nitrogens with one attached hydrogen (secondary N) is 1. The third-order valence-electron chi connectivity index (χ3n) is 3.67. The highest BCUT2D eigenvalue weighted by molar-refractivity contribution is 5.94. The minimum Gasteiger partial charge on any atom is -0.359 e. The van der Waals surface area contributed by atoms with Gasteiger partial charge in [-0.25, -0.2) is 0 Å². The average molecular weight is 380 g/mol. The second-order valence-corrected chi connectivity index (χ2v) is 6.05. The molecule has 0 unspecified atom stereocenters. The Morgan fingerprint density at radius 3 is 2.41 bits per heavy atom. The highest BCUT2D eigenvalue weighted by Gasteiger charge is 2.38. The number of hydrogen-bond acceptors (Lipinski definition) is 6. The molecule has 0 aliphatic rings. The molecular weight excluding hydrogens is 365 g/mol. The lowest BCUT2D eigenvalue weighted by Gasteiger charge is -2.03. The van der Waals surface area contributed by atoms with Crippen molar-refractivity contribution in [1.29, 1.82) is 0 Å². The first-order valence-corrected chi connectivity index (χ1v) is 7.99. The molecule has 10 heteroatoms. The van der Waals surface area contributed by atoms with Crippen LogP contribution in [0.15, 0.2) is 39.4 Å². The highest BCUT2D eigenvalue weighted by Crippen LogP contribution is 2.29. The Morgan fingerprint density at radius 1 is 1.15 bits per heavy atom. The third kappa shape index (κ3) is 4.33. The maximum Gasteiger partial charge on any atom is 0.471 e. The summed E-state index contributed by atoms with van der Waals surface area (Å²) in [4.78, 5) is 15.5. The molecule has 1 amide bonds. The summed E-state index contributed by atoms with van der Waals surface area (Å²) >= 11 is 0. The number of amides is 1. The maximum atomic E-state index is 12.5. The van der Waals surface area contributed by atoms with Crippen LogP contribution in [0.5, 0.6) is 0 Å². The Morgan fingerprint density at radius 2 is 1.85 bits per heavy atom. The predicted octanol–water partition coefficient (Wildman–Crippen LogP) is 3.80. The number of benzene rings is 1. The monoisotopic (exact) mass is 380 g/mol. The van der Waals surface area contributed by atoms with Gasteiger partial charge in [-0.05, 0) is 18.1 Å². The van der Waals surface area contributed by atoms with E-state index in [0.29, 0.717) is 16.9 Å². The van der Waals surface area contributed by atoms with E-state index in [2.05, 4.69) is 25.1 Å². The normalized spacial score (nSPS) is 11.8. The van der Waals surface area contributed by atoms with Gasteiger partial charge in [-0.2, -0.15) is 18.2 Å². The van der Waals surface area contributed by atoms with E-state index in [1.54, 1.807) is 6.07 Å². The molecule has 1 aromatic carbocycles. The maximum absolute atomic E-state index is 12.5. The summed E-state index contributed by atoms with van der Waals surface area (Å²) in [7, 11) is 0. The van der Waals surface area contributed by atoms with Crippen LogP contribution in [-0.2, 0) is 12.7 Å². The van der Waals surface area contributed by atoms with E-state index in [0.717, 1.165) is 5.69 Å². The Kier molecular flexibility index (Phi) is 4.98. The molecule has 3 rings (SSSR count). The number of hydrogen-bond donors (Lipinski definition) is 1.